The fourth-order valence-electron chi connectivity index (χ4n) is 3.28. The molecule has 0 bridgehead atoms. The highest BCUT2D eigenvalue weighted by Crippen LogP contribution is 2.23. The first-order chi connectivity index (χ1) is 10.4. The lowest BCUT2D eigenvalue weighted by atomic mass is 10.0. The molecule has 1 aliphatic rings. The van der Waals surface area contributed by atoms with E-state index in [4.69, 9.17) is 0 Å². The molecule has 1 fully saturated rings. The first-order valence-corrected chi connectivity index (χ1v) is 8.01. The number of hydrogen-bond donors (Lipinski definition) is 1. The van der Waals surface area contributed by atoms with Crippen LogP contribution in [0.5, 0.6) is 0 Å². The van der Waals surface area contributed by atoms with Gasteiger partial charge in [0.2, 0.25) is 0 Å². The quantitative estimate of drug-likeness (QED) is 0.825. The standard InChI is InChI=1S/C19H22N2/c20-14-19(21-18-9-3-1-2-4-10-18)17-12-11-15-7-5-6-8-16(15)13-17/h5-8,11-13,18-19,21H,1-4,9-10H2. The molecule has 2 heteroatoms. The fourth-order valence-corrected chi connectivity index (χ4v) is 3.28. The van der Waals surface area contributed by atoms with E-state index in [0.29, 0.717) is 6.04 Å². The Kier molecular flexibility index (Phi) is 4.52. The molecule has 1 aliphatic carbocycles. The molecule has 2 aromatic rings. The van der Waals surface area contributed by atoms with Gasteiger partial charge in [-0.3, -0.25) is 5.32 Å². The molecule has 2 aromatic carbocycles. The maximum atomic E-state index is 9.54. The van der Waals surface area contributed by atoms with Crippen LogP contribution in [-0.4, -0.2) is 6.04 Å². The average molecular weight is 278 g/mol. The summed E-state index contributed by atoms with van der Waals surface area (Å²) in [6, 6.07) is 17.4. The van der Waals surface area contributed by atoms with Crippen molar-refractivity contribution < 1.29 is 0 Å². The molecule has 0 heterocycles. The van der Waals surface area contributed by atoms with E-state index in [-0.39, 0.29) is 6.04 Å². The Morgan fingerprint density at radius 1 is 0.952 bits per heavy atom. The third kappa shape index (κ3) is 3.43. The summed E-state index contributed by atoms with van der Waals surface area (Å²) in [6.07, 6.45) is 7.65. The second kappa shape index (κ2) is 6.74. The van der Waals surface area contributed by atoms with Crippen LogP contribution in [0.3, 0.4) is 0 Å². The van der Waals surface area contributed by atoms with Crippen molar-refractivity contribution in [1.29, 1.82) is 5.26 Å². The fraction of sp³-hybridized carbons (Fsp3) is 0.421. The van der Waals surface area contributed by atoms with Crippen LogP contribution in [0.25, 0.3) is 10.8 Å². The summed E-state index contributed by atoms with van der Waals surface area (Å²) >= 11 is 0. The zero-order chi connectivity index (χ0) is 14.5. The van der Waals surface area contributed by atoms with Crippen molar-refractivity contribution in [3.05, 3.63) is 48.0 Å². The van der Waals surface area contributed by atoms with Crippen LogP contribution in [0.1, 0.15) is 50.1 Å². The summed E-state index contributed by atoms with van der Waals surface area (Å²) in [5.41, 5.74) is 1.08. The van der Waals surface area contributed by atoms with Crippen molar-refractivity contribution in [2.24, 2.45) is 0 Å². The van der Waals surface area contributed by atoms with Crippen molar-refractivity contribution in [3.8, 4) is 6.07 Å². The molecule has 0 amide bonds. The van der Waals surface area contributed by atoms with Gasteiger partial charge in [0.1, 0.15) is 6.04 Å². The van der Waals surface area contributed by atoms with E-state index in [1.807, 2.05) is 12.1 Å². The van der Waals surface area contributed by atoms with Gasteiger partial charge in [0.25, 0.3) is 0 Å². The lowest BCUT2D eigenvalue weighted by Crippen LogP contribution is -2.31. The minimum Gasteiger partial charge on any atom is -0.295 e. The van der Waals surface area contributed by atoms with Crippen LogP contribution >= 0.6 is 0 Å². The van der Waals surface area contributed by atoms with E-state index in [2.05, 4.69) is 41.7 Å². The average Bonchev–Trinajstić information content (AvgIpc) is 2.81. The molecule has 3 rings (SSSR count). The molecule has 1 unspecified atom stereocenters. The zero-order valence-corrected chi connectivity index (χ0v) is 12.4. The van der Waals surface area contributed by atoms with Gasteiger partial charge in [0.05, 0.1) is 6.07 Å². The van der Waals surface area contributed by atoms with Crippen molar-refractivity contribution in [1.82, 2.24) is 5.32 Å². The topological polar surface area (TPSA) is 35.8 Å². The van der Waals surface area contributed by atoms with E-state index in [0.717, 1.165) is 5.56 Å². The lowest BCUT2D eigenvalue weighted by Gasteiger charge is -2.20. The predicted octanol–water partition coefficient (Wildman–Crippen LogP) is 4.72. The van der Waals surface area contributed by atoms with Crippen LogP contribution in [0.15, 0.2) is 42.5 Å². The van der Waals surface area contributed by atoms with Crippen LogP contribution in [-0.2, 0) is 0 Å². The molecule has 0 radical (unpaired) electrons. The number of benzene rings is 2. The second-order valence-corrected chi connectivity index (χ2v) is 6.02. The molecule has 2 nitrogen and oxygen atoms in total. The summed E-state index contributed by atoms with van der Waals surface area (Å²) in [4.78, 5) is 0. The highest BCUT2D eigenvalue weighted by Gasteiger charge is 2.18. The largest absolute Gasteiger partial charge is 0.295 e. The van der Waals surface area contributed by atoms with E-state index in [9.17, 15) is 5.26 Å². The molecule has 0 aliphatic heterocycles. The molecule has 108 valence electrons. The van der Waals surface area contributed by atoms with Crippen LogP contribution < -0.4 is 5.32 Å². The Hall–Kier alpha value is -1.85. The third-order valence-electron chi connectivity index (χ3n) is 4.49. The second-order valence-electron chi connectivity index (χ2n) is 6.02. The molecule has 0 spiro atoms. The first kappa shape index (κ1) is 14.1. The van der Waals surface area contributed by atoms with Gasteiger partial charge in [-0.1, -0.05) is 62.1 Å². The SMILES string of the molecule is N#CC(NC1CCCCCC1)c1ccc2ccccc2c1. The highest BCUT2D eigenvalue weighted by atomic mass is 14.9. The monoisotopic (exact) mass is 278 g/mol. The summed E-state index contributed by atoms with van der Waals surface area (Å²) in [5, 5.41) is 15.5. The van der Waals surface area contributed by atoms with Crippen LogP contribution in [0.4, 0.5) is 0 Å². The van der Waals surface area contributed by atoms with Gasteiger partial charge in [0, 0.05) is 6.04 Å². The number of nitrogens with one attached hydrogen (secondary N) is 1. The first-order valence-electron chi connectivity index (χ1n) is 8.01. The zero-order valence-electron chi connectivity index (χ0n) is 12.4. The third-order valence-corrected chi connectivity index (χ3v) is 4.49. The van der Waals surface area contributed by atoms with Gasteiger partial charge in [-0.05, 0) is 35.2 Å². The van der Waals surface area contributed by atoms with Crippen LogP contribution in [0, 0.1) is 11.3 Å². The molecular weight excluding hydrogens is 256 g/mol. The van der Waals surface area contributed by atoms with Crippen molar-refractivity contribution in [3.63, 3.8) is 0 Å². The van der Waals surface area contributed by atoms with Gasteiger partial charge in [-0.25, -0.2) is 0 Å². The van der Waals surface area contributed by atoms with Gasteiger partial charge < -0.3 is 0 Å². The minimum atomic E-state index is -0.197. The maximum Gasteiger partial charge on any atom is 0.121 e. The smallest absolute Gasteiger partial charge is 0.121 e. The molecule has 1 N–H and O–H groups in total. The molecular formula is C19H22N2. The Balaban J connectivity index is 1.79. The van der Waals surface area contributed by atoms with E-state index in [1.54, 1.807) is 0 Å². The minimum absolute atomic E-state index is 0.197. The Morgan fingerprint density at radius 2 is 1.67 bits per heavy atom. The number of nitriles is 1. The van der Waals surface area contributed by atoms with Crippen molar-refractivity contribution >= 4 is 10.8 Å². The van der Waals surface area contributed by atoms with Gasteiger partial charge in [0.15, 0.2) is 0 Å². The van der Waals surface area contributed by atoms with Gasteiger partial charge in [-0.2, -0.15) is 5.26 Å². The van der Waals surface area contributed by atoms with Crippen molar-refractivity contribution in [2.75, 3.05) is 0 Å². The van der Waals surface area contributed by atoms with E-state index < -0.39 is 0 Å². The van der Waals surface area contributed by atoms with Crippen LogP contribution in [0.2, 0.25) is 0 Å². The van der Waals surface area contributed by atoms with Gasteiger partial charge in [-0.15, -0.1) is 0 Å². The number of rotatable bonds is 3. The highest BCUT2D eigenvalue weighted by molar-refractivity contribution is 5.83. The van der Waals surface area contributed by atoms with Crippen molar-refractivity contribution in [2.45, 2.75) is 50.6 Å². The molecule has 1 atom stereocenters. The summed E-state index contributed by atoms with van der Waals surface area (Å²) in [6.45, 7) is 0. The number of hydrogen-bond acceptors (Lipinski definition) is 2. The molecule has 0 saturated heterocycles. The van der Waals surface area contributed by atoms with Gasteiger partial charge >= 0.3 is 0 Å². The lowest BCUT2D eigenvalue weighted by molar-refractivity contribution is 0.437. The Labute approximate surface area is 126 Å². The maximum absolute atomic E-state index is 9.54. The normalized spacial score (nSPS) is 18.0. The Morgan fingerprint density at radius 3 is 2.38 bits per heavy atom. The summed E-state index contributed by atoms with van der Waals surface area (Å²) in [5.74, 6) is 0. The molecule has 1 saturated carbocycles. The number of nitrogens with zero attached hydrogens (tertiary/aromatic N) is 1. The summed E-state index contributed by atoms with van der Waals surface area (Å²) < 4.78 is 0. The predicted molar refractivity (Wildman–Crippen MR) is 86.9 cm³/mol. The summed E-state index contributed by atoms with van der Waals surface area (Å²) in [7, 11) is 0. The number of fused-ring (bicyclic) bond motifs is 1. The molecule has 0 aromatic heterocycles. The van der Waals surface area contributed by atoms with E-state index >= 15 is 0 Å². The Bertz CT molecular complexity index is 633. The molecule has 21 heavy (non-hydrogen) atoms. The van der Waals surface area contributed by atoms with E-state index in [1.165, 1.54) is 49.3 Å².